The fourth-order valence-electron chi connectivity index (χ4n) is 0.922. The number of aryl methyl sites for hydroxylation is 1. The molecule has 0 N–H and O–H groups in total. The van der Waals surface area contributed by atoms with E-state index in [1.165, 1.54) is 0 Å². The normalized spacial score (nSPS) is 13.5. The maximum Gasteiger partial charge on any atom is 0.150 e. The molecule has 0 radical (unpaired) electrons. The van der Waals surface area contributed by atoms with E-state index in [4.69, 9.17) is 11.6 Å². The summed E-state index contributed by atoms with van der Waals surface area (Å²) in [5.74, 6) is 0. The molecule has 0 saturated heterocycles. The zero-order chi connectivity index (χ0) is 8.43. The second-order valence-electron chi connectivity index (χ2n) is 2.58. The smallest absolute Gasteiger partial charge is 0.150 e. The molecule has 1 aromatic rings. The van der Waals surface area contributed by atoms with E-state index in [2.05, 4.69) is 27.8 Å². The third kappa shape index (κ3) is 2.20. The quantitative estimate of drug-likeness (QED) is 0.722. The largest absolute Gasteiger partial charge is 0.336 e. The van der Waals surface area contributed by atoms with Crippen LogP contribution in [-0.4, -0.2) is 14.4 Å². The van der Waals surface area contributed by atoms with Crippen molar-refractivity contribution in [3.05, 3.63) is 17.2 Å². The van der Waals surface area contributed by atoms with Gasteiger partial charge in [0.25, 0.3) is 0 Å². The Bertz CT molecular complexity index is 225. The van der Waals surface area contributed by atoms with E-state index in [-0.39, 0.29) is 0 Å². The Labute approximate surface area is 79.7 Å². The average molecular weight is 238 g/mol. The monoisotopic (exact) mass is 236 g/mol. The van der Waals surface area contributed by atoms with Crippen LogP contribution in [0.15, 0.2) is 6.33 Å². The van der Waals surface area contributed by atoms with E-state index >= 15 is 0 Å². The molecular weight excluding hydrogens is 227 g/mol. The molecule has 62 valence electrons. The first-order chi connectivity index (χ1) is 5.11. The van der Waals surface area contributed by atoms with Gasteiger partial charge in [0.2, 0.25) is 0 Å². The number of aromatic nitrogens is 2. The summed E-state index contributed by atoms with van der Waals surface area (Å²) >= 11 is 9.30. The second kappa shape index (κ2) is 3.59. The highest BCUT2D eigenvalue weighted by Gasteiger charge is 2.08. The summed E-state index contributed by atoms with van der Waals surface area (Å²) in [5, 5.41) is 0.610. The third-order valence-electron chi connectivity index (χ3n) is 1.48. The van der Waals surface area contributed by atoms with Gasteiger partial charge < -0.3 is 4.57 Å². The highest BCUT2D eigenvalue weighted by molar-refractivity contribution is 9.09. The van der Waals surface area contributed by atoms with Gasteiger partial charge in [-0.25, -0.2) is 4.98 Å². The fraction of sp³-hybridized carbons (Fsp3) is 0.571. The molecular formula is C7H10BrClN2. The lowest BCUT2D eigenvalue weighted by atomic mass is 10.3. The molecule has 1 rings (SSSR count). The molecule has 1 atom stereocenters. The summed E-state index contributed by atoms with van der Waals surface area (Å²) in [6, 6.07) is 0. The lowest BCUT2D eigenvalue weighted by Gasteiger charge is -2.03. The van der Waals surface area contributed by atoms with E-state index in [1.807, 2.05) is 11.6 Å². The lowest BCUT2D eigenvalue weighted by Crippen LogP contribution is -2.02. The van der Waals surface area contributed by atoms with Gasteiger partial charge in [0.05, 0.1) is 12.0 Å². The van der Waals surface area contributed by atoms with Crippen LogP contribution < -0.4 is 0 Å². The molecule has 0 bridgehead atoms. The number of rotatable bonds is 2. The second-order valence-corrected chi connectivity index (χ2v) is 4.50. The first-order valence-corrected chi connectivity index (χ1v) is 4.70. The van der Waals surface area contributed by atoms with Crippen LogP contribution in [0.2, 0.25) is 5.15 Å². The van der Waals surface area contributed by atoms with Crippen molar-refractivity contribution in [3.8, 4) is 0 Å². The number of halogens is 2. The lowest BCUT2D eigenvalue weighted by molar-refractivity contribution is 0.799. The topological polar surface area (TPSA) is 17.8 Å². The van der Waals surface area contributed by atoms with Gasteiger partial charge in [0, 0.05) is 18.3 Å². The van der Waals surface area contributed by atoms with Crippen LogP contribution in [0.5, 0.6) is 0 Å². The van der Waals surface area contributed by atoms with Gasteiger partial charge in [-0.1, -0.05) is 34.5 Å². The van der Waals surface area contributed by atoms with Crippen LogP contribution in [-0.2, 0) is 13.5 Å². The van der Waals surface area contributed by atoms with Crippen LogP contribution in [0.25, 0.3) is 0 Å². The highest BCUT2D eigenvalue weighted by atomic mass is 79.9. The molecule has 1 aromatic heterocycles. The molecule has 0 spiro atoms. The van der Waals surface area contributed by atoms with E-state index in [9.17, 15) is 0 Å². The summed E-state index contributed by atoms with van der Waals surface area (Å²) in [4.78, 5) is 4.42. The van der Waals surface area contributed by atoms with Gasteiger partial charge >= 0.3 is 0 Å². The summed E-state index contributed by atoms with van der Waals surface area (Å²) in [6.45, 7) is 2.09. The fourth-order valence-corrected chi connectivity index (χ4v) is 1.48. The molecule has 0 saturated carbocycles. The SMILES string of the molecule is CC(Br)Cc1c(Cl)ncn1C. The zero-order valence-corrected chi connectivity index (χ0v) is 8.85. The van der Waals surface area contributed by atoms with Gasteiger partial charge in [0.1, 0.15) is 5.15 Å². The molecule has 4 heteroatoms. The maximum absolute atomic E-state index is 5.84. The minimum absolute atomic E-state index is 0.440. The van der Waals surface area contributed by atoms with Crippen molar-refractivity contribution in [3.63, 3.8) is 0 Å². The van der Waals surface area contributed by atoms with Gasteiger partial charge in [-0.15, -0.1) is 0 Å². The van der Waals surface area contributed by atoms with E-state index in [0.29, 0.717) is 9.98 Å². The molecule has 0 aliphatic rings. The molecule has 11 heavy (non-hydrogen) atoms. The molecule has 0 amide bonds. The van der Waals surface area contributed by atoms with Crippen LogP contribution >= 0.6 is 27.5 Å². The predicted octanol–water partition coefficient (Wildman–Crippen LogP) is 2.40. The van der Waals surface area contributed by atoms with Gasteiger partial charge in [0.15, 0.2) is 0 Å². The molecule has 1 unspecified atom stereocenters. The Balaban J connectivity index is 2.83. The van der Waals surface area contributed by atoms with Crippen molar-refractivity contribution in [1.29, 1.82) is 0 Å². The van der Waals surface area contributed by atoms with Crippen LogP contribution in [0.4, 0.5) is 0 Å². The van der Waals surface area contributed by atoms with E-state index in [1.54, 1.807) is 6.33 Å². The summed E-state index contributed by atoms with van der Waals surface area (Å²) in [6.07, 6.45) is 2.64. The molecule has 0 fully saturated rings. The first kappa shape index (κ1) is 9.07. The molecule has 1 heterocycles. The van der Waals surface area contributed by atoms with Crippen LogP contribution in [0, 0.1) is 0 Å². The van der Waals surface area contributed by atoms with Crippen molar-refractivity contribution in [2.45, 2.75) is 18.2 Å². The first-order valence-electron chi connectivity index (χ1n) is 3.41. The molecule has 0 aliphatic carbocycles. The number of hydrogen-bond acceptors (Lipinski definition) is 1. The zero-order valence-electron chi connectivity index (χ0n) is 6.51. The Morgan fingerprint density at radius 1 is 1.82 bits per heavy atom. The van der Waals surface area contributed by atoms with Gasteiger partial charge in [-0.3, -0.25) is 0 Å². The van der Waals surface area contributed by atoms with Crippen LogP contribution in [0.1, 0.15) is 12.6 Å². The number of imidazole rings is 1. The van der Waals surface area contributed by atoms with Crippen molar-refractivity contribution in [2.24, 2.45) is 7.05 Å². The Hall–Kier alpha value is -0.0200. The van der Waals surface area contributed by atoms with Crippen molar-refractivity contribution in [2.75, 3.05) is 0 Å². The summed E-state index contributed by atoms with van der Waals surface area (Å²) < 4.78 is 1.94. The summed E-state index contributed by atoms with van der Waals surface area (Å²) in [7, 11) is 1.95. The summed E-state index contributed by atoms with van der Waals surface area (Å²) in [5.41, 5.74) is 1.08. The predicted molar refractivity (Wildman–Crippen MR) is 50.3 cm³/mol. The number of hydrogen-bond donors (Lipinski definition) is 0. The van der Waals surface area contributed by atoms with E-state index < -0.39 is 0 Å². The molecule has 2 nitrogen and oxygen atoms in total. The Kier molecular flexibility index (Phi) is 2.96. The van der Waals surface area contributed by atoms with Crippen molar-refractivity contribution in [1.82, 2.24) is 9.55 Å². The Morgan fingerprint density at radius 3 is 2.82 bits per heavy atom. The number of alkyl halides is 1. The van der Waals surface area contributed by atoms with Crippen molar-refractivity contribution >= 4 is 27.5 Å². The average Bonchev–Trinajstić information content (AvgIpc) is 2.18. The standard InChI is InChI=1S/C7H10BrClN2/c1-5(8)3-6-7(9)10-4-11(6)2/h4-5H,3H2,1-2H3. The Morgan fingerprint density at radius 2 is 2.45 bits per heavy atom. The molecule has 0 aromatic carbocycles. The molecule has 0 aliphatic heterocycles. The highest BCUT2D eigenvalue weighted by Crippen LogP contribution is 2.16. The van der Waals surface area contributed by atoms with Crippen molar-refractivity contribution < 1.29 is 0 Å². The van der Waals surface area contributed by atoms with Gasteiger partial charge in [-0.05, 0) is 0 Å². The minimum atomic E-state index is 0.440. The van der Waals surface area contributed by atoms with E-state index in [0.717, 1.165) is 12.1 Å². The maximum atomic E-state index is 5.84. The minimum Gasteiger partial charge on any atom is -0.336 e. The number of nitrogens with zero attached hydrogens (tertiary/aromatic N) is 2. The van der Waals surface area contributed by atoms with Gasteiger partial charge in [-0.2, -0.15) is 0 Å². The third-order valence-corrected chi connectivity index (χ3v) is 2.12. The van der Waals surface area contributed by atoms with Crippen LogP contribution in [0.3, 0.4) is 0 Å².